The lowest BCUT2D eigenvalue weighted by Gasteiger charge is -2.28. The topological polar surface area (TPSA) is 55.1 Å². The van der Waals surface area contributed by atoms with Crippen molar-refractivity contribution in [3.8, 4) is 0 Å². The maximum absolute atomic E-state index is 12.6. The molecule has 2 atom stereocenters. The molecule has 0 aromatic heterocycles. The van der Waals surface area contributed by atoms with E-state index < -0.39 is 0 Å². The van der Waals surface area contributed by atoms with Gasteiger partial charge in [0.25, 0.3) is 0 Å². The normalized spacial score (nSPS) is 21.8. The maximum Gasteiger partial charge on any atom is 0.225 e. The van der Waals surface area contributed by atoms with Gasteiger partial charge in [0.1, 0.15) is 0 Å². The van der Waals surface area contributed by atoms with Crippen molar-refractivity contribution in [3.63, 3.8) is 0 Å². The van der Waals surface area contributed by atoms with Crippen LogP contribution in [0.1, 0.15) is 51.5 Å². The lowest BCUT2D eigenvalue weighted by Crippen LogP contribution is -2.45. The van der Waals surface area contributed by atoms with Gasteiger partial charge in [-0.25, -0.2) is 0 Å². The van der Waals surface area contributed by atoms with Crippen molar-refractivity contribution in [2.75, 3.05) is 6.54 Å². The van der Waals surface area contributed by atoms with E-state index in [0.29, 0.717) is 12.5 Å². The molecule has 0 aliphatic heterocycles. The first-order chi connectivity index (χ1) is 10.5. The van der Waals surface area contributed by atoms with Crippen LogP contribution >= 0.6 is 0 Å². The van der Waals surface area contributed by atoms with Crippen molar-refractivity contribution in [2.24, 2.45) is 17.1 Å². The molecule has 0 radical (unpaired) electrons. The molecule has 1 aromatic rings. The maximum atomic E-state index is 12.6. The molecule has 0 heterocycles. The van der Waals surface area contributed by atoms with E-state index in [1.807, 2.05) is 6.07 Å². The van der Waals surface area contributed by atoms with Crippen LogP contribution in [0, 0.1) is 11.3 Å². The molecular formula is C19H30N2O. The molecule has 22 heavy (non-hydrogen) atoms. The molecule has 122 valence electrons. The first-order valence-corrected chi connectivity index (χ1v) is 8.58. The predicted molar refractivity (Wildman–Crippen MR) is 91.5 cm³/mol. The van der Waals surface area contributed by atoms with E-state index in [2.05, 4.69) is 43.4 Å². The Morgan fingerprint density at radius 1 is 1.27 bits per heavy atom. The monoisotopic (exact) mass is 302 g/mol. The molecule has 0 spiro atoms. The fraction of sp³-hybridized carbons (Fsp3) is 0.632. The second-order valence-corrected chi connectivity index (χ2v) is 7.23. The summed E-state index contributed by atoms with van der Waals surface area (Å²) in [5.74, 6) is 0.648. The molecule has 2 unspecified atom stereocenters. The summed E-state index contributed by atoms with van der Waals surface area (Å²) in [6.45, 7) is 4.79. The smallest absolute Gasteiger partial charge is 0.225 e. The van der Waals surface area contributed by atoms with Crippen molar-refractivity contribution in [3.05, 3.63) is 35.9 Å². The summed E-state index contributed by atoms with van der Waals surface area (Å²) in [6.07, 6.45) is 6.39. The number of rotatable bonds is 7. The van der Waals surface area contributed by atoms with E-state index in [1.165, 1.54) is 12.0 Å². The predicted octanol–water partition coefficient (Wildman–Crippen LogP) is 3.28. The largest absolute Gasteiger partial charge is 0.353 e. The van der Waals surface area contributed by atoms with Crippen LogP contribution in [-0.4, -0.2) is 18.5 Å². The number of benzene rings is 1. The van der Waals surface area contributed by atoms with Gasteiger partial charge in [0.05, 0.1) is 0 Å². The molecule has 3 heteroatoms. The Balaban J connectivity index is 1.80. The van der Waals surface area contributed by atoms with Gasteiger partial charge in [0.2, 0.25) is 5.91 Å². The second kappa shape index (κ2) is 7.77. The Kier molecular flexibility index (Phi) is 6.01. The Labute approximate surface area is 134 Å². The van der Waals surface area contributed by atoms with Crippen LogP contribution in [0.5, 0.6) is 0 Å². The van der Waals surface area contributed by atoms with Crippen LogP contribution in [0.2, 0.25) is 0 Å². The summed E-state index contributed by atoms with van der Waals surface area (Å²) in [4.78, 5) is 12.6. The molecule has 1 saturated carbocycles. The van der Waals surface area contributed by atoms with Crippen LogP contribution in [0.4, 0.5) is 0 Å². The average Bonchev–Trinajstić information content (AvgIpc) is 2.95. The first-order valence-electron chi connectivity index (χ1n) is 8.58. The highest BCUT2D eigenvalue weighted by atomic mass is 16.2. The van der Waals surface area contributed by atoms with Crippen LogP contribution in [0.3, 0.4) is 0 Å². The number of amides is 1. The summed E-state index contributed by atoms with van der Waals surface area (Å²) in [6, 6.07) is 10.8. The number of carbonyl (C=O) groups excluding carboxylic acids is 1. The van der Waals surface area contributed by atoms with Crippen molar-refractivity contribution in [1.82, 2.24) is 5.32 Å². The zero-order valence-electron chi connectivity index (χ0n) is 14.0. The van der Waals surface area contributed by atoms with Crippen LogP contribution in [0.15, 0.2) is 30.3 Å². The van der Waals surface area contributed by atoms with E-state index >= 15 is 0 Å². The van der Waals surface area contributed by atoms with Gasteiger partial charge in [-0.3, -0.25) is 4.79 Å². The Bertz CT molecular complexity index is 470. The number of nitrogens with two attached hydrogens (primary N) is 1. The van der Waals surface area contributed by atoms with E-state index in [0.717, 1.165) is 32.1 Å². The van der Waals surface area contributed by atoms with Crippen molar-refractivity contribution in [2.45, 2.75) is 58.4 Å². The molecule has 3 N–H and O–H groups in total. The molecule has 0 bridgehead atoms. The van der Waals surface area contributed by atoms with E-state index in [-0.39, 0.29) is 17.4 Å². The number of hydrogen-bond acceptors (Lipinski definition) is 2. The summed E-state index contributed by atoms with van der Waals surface area (Å²) >= 11 is 0. The summed E-state index contributed by atoms with van der Waals surface area (Å²) in [7, 11) is 0. The first kappa shape index (κ1) is 17.0. The number of aryl methyl sites for hydroxylation is 1. The molecule has 1 aromatic carbocycles. The molecule has 0 saturated heterocycles. The minimum Gasteiger partial charge on any atom is -0.353 e. The lowest BCUT2D eigenvalue weighted by atomic mass is 9.85. The molecule has 1 aliphatic rings. The summed E-state index contributed by atoms with van der Waals surface area (Å²) < 4.78 is 0. The van der Waals surface area contributed by atoms with Crippen LogP contribution in [0.25, 0.3) is 0 Å². The summed E-state index contributed by atoms with van der Waals surface area (Å²) in [5.41, 5.74) is 6.84. The molecule has 2 rings (SSSR count). The Morgan fingerprint density at radius 3 is 2.68 bits per heavy atom. The van der Waals surface area contributed by atoms with E-state index in [4.69, 9.17) is 5.73 Å². The molecule has 1 fully saturated rings. The lowest BCUT2D eigenvalue weighted by molar-refractivity contribution is -0.130. The Hall–Kier alpha value is -1.35. The number of hydrogen-bond donors (Lipinski definition) is 2. The fourth-order valence-corrected chi connectivity index (χ4v) is 3.37. The van der Waals surface area contributed by atoms with Gasteiger partial charge in [-0.15, -0.1) is 0 Å². The van der Waals surface area contributed by atoms with E-state index in [1.54, 1.807) is 0 Å². The molecule has 1 amide bonds. The van der Waals surface area contributed by atoms with Gasteiger partial charge in [-0.1, -0.05) is 50.6 Å². The van der Waals surface area contributed by atoms with Crippen LogP contribution in [-0.2, 0) is 11.2 Å². The van der Waals surface area contributed by atoms with Crippen LogP contribution < -0.4 is 11.1 Å². The van der Waals surface area contributed by atoms with Crippen molar-refractivity contribution < 1.29 is 4.79 Å². The van der Waals surface area contributed by atoms with Crippen molar-refractivity contribution >= 4 is 5.91 Å². The molecule has 1 aliphatic carbocycles. The summed E-state index contributed by atoms with van der Waals surface area (Å²) in [5, 5.41) is 3.25. The van der Waals surface area contributed by atoms with Crippen molar-refractivity contribution in [1.29, 1.82) is 0 Å². The van der Waals surface area contributed by atoms with E-state index in [9.17, 15) is 4.79 Å². The third-order valence-electron chi connectivity index (χ3n) is 5.00. The zero-order chi connectivity index (χ0) is 16.0. The number of carbonyl (C=O) groups is 1. The quantitative estimate of drug-likeness (QED) is 0.812. The van der Waals surface area contributed by atoms with Gasteiger partial charge >= 0.3 is 0 Å². The zero-order valence-corrected chi connectivity index (χ0v) is 14.0. The highest BCUT2D eigenvalue weighted by Gasteiger charge is 2.33. The standard InChI is InChI=1S/C19H30N2O/c1-19(2,13-7-10-15-8-4-3-5-9-15)18(22)21-17-12-6-11-16(17)14-20/h3-5,8-9,16-17H,6-7,10-14,20H2,1-2H3,(H,21,22). The number of nitrogens with one attached hydrogen (secondary N) is 1. The molecule has 3 nitrogen and oxygen atoms in total. The molecular weight excluding hydrogens is 272 g/mol. The van der Waals surface area contributed by atoms with Gasteiger partial charge in [-0.2, -0.15) is 0 Å². The Morgan fingerprint density at radius 2 is 2.00 bits per heavy atom. The highest BCUT2D eigenvalue weighted by Crippen LogP contribution is 2.28. The van der Waals surface area contributed by atoms with Gasteiger partial charge in [0, 0.05) is 11.5 Å². The third-order valence-corrected chi connectivity index (χ3v) is 5.00. The van der Waals surface area contributed by atoms with Gasteiger partial charge in [0.15, 0.2) is 0 Å². The van der Waals surface area contributed by atoms with Gasteiger partial charge in [-0.05, 0) is 50.1 Å². The second-order valence-electron chi connectivity index (χ2n) is 7.23. The average molecular weight is 302 g/mol. The van der Waals surface area contributed by atoms with Gasteiger partial charge < -0.3 is 11.1 Å². The fourth-order valence-electron chi connectivity index (χ4n) is 3.37. The highest BCUT2D eigenvalue weighted by molar-refractivity contribution is 5.82. The third kappa shape index (κ3) is 4.57. The minimum atomic E-state index is -0.309. The minimum absolute atomic E-state index is 0.186. The SMILES string of the molecule is CC(C)(CCCc1ccccc1)C(=O)NC1CCCC1CN.